The number of aliphatic carboxylic acids is 1. The van der Waals surface area contributed by atoms with E-state index >= 15 is 0 Å². The van der Waals surface area contributed by atoms with Gasteiger partial charge in [-0.1, -0.05) is 0 Å². The summed E-state index contributed by atoms with van der Waals surface area (Å²) < 4.78 is 8.88. The maximum atomic E-state index is 8.89. The van der Waals surface area contributed by atoms with E-state index in [-0.39, 0.29) is 57.5 Å². The first kappa shape index (κ1) is 22.8. The van der Waals surface area contributed by atoms with Crippen LogP contribution in [0.4, 0.5) is 0 Å². The van der Waals surface area contributed by atoms with Crippen molar-refractivity contribution in [3.63, 3.8) is 0 Å². The first-order valence-corrected chi connectivity index (χ1v) is 3.26. The van der Waals surface area contributed by atoms with E-state index < -0.39 is 13.8 Å². The number of carboxylic acid groups (broad SMARTS) is 1. The molecule has 0 aromatic rings. The largest absolute Gasteiger partial charge is 1.00 e. The zero-order chi connectivity index (χ0) is 8.08. The van der Waals surface area contributed by atoms with E-state index in [9.17, 15) is 0 Å². The predicted molar refractivity (Wildman–Crippen MR) is 30.0 cm³/mol. The maximum absolute atomic E-state index is 8.89. The second kappa shape index (κ2) is 11.2. The van der Waals surface area contributed by atoms with Crippen molar-refractivity contribution in [3.8, 4) is 0 Å². The van der Waals surface area contributed by atoms with Crippen LogP contribution in [0.15, 0.2) is 0 Å². The van der Waals surface area contributed by atoms with Gasteiger partial charge in [-0.25, -0.2) is 4.57 Å². The topological polar surface area (TPSA) is 153 Å². The van der Waals surface area contributed by atoms with Crippen molar-refractivity contribution in [2.75, 3.05) is 0 Å². The van der Waals surface area contributed by atoms with Gasteiger partial charge in [0.25, 0.3) is 0 Å². The molecule has 0 saturated carbocycles. The molecule has 0 aromatic heterocycles. The van der Waals surface area contributed by atoms with Gasteiger partial charge in [0.15, 0.2) is 0 Å². The van der Waals surface area contributed by atoms with Crippen LogP contribution in [-0.4, -0.2) is 20.6 Å². The third-order valence-electron chi connectivity index (χ3n) is 0. The molecule has 0 spiro atoms. The molecule has 0 fully saturated rings. The van der Waals surface area contributed by atoms with Crippen LogP contribution in [0.25, 0.3) is 0 Å². The van der Waals surface area contributed by atoms with E-state index in [1.807, 2.05) is 0 Å². The van der Waals surface area contributed by atoms with Crippen LogP contribution in [0.2, 0.25) is 0 Å². The van der Waals surface area contributed by atoms with E-state index in [2.05, 4.69) is 0 Å². The number of hydrogen-bond donors (Lipinski definition) is 4. The average molecular weight is 213 g/mol. The van der Waals surface area contributed by atoms with Crippen molar-refractivity contribution in [2.24, 2.45) is 0 Å². The van der Waals surface area contributed by atoms with E-state index in [0.717, 1.165) is 6.92 Å². The molecule has 0 rings (SSSR count). The van der Waals surface area contributed by atoms with Gasteiger partial charge in [-0.2, -0.15) is 0 Å². The van der Waals surface area contributed by atoms with Crippen LogP contribution < -0.4 is 62.6 Å². The van der Waals surface area contributed by atoms with E-state index in [4.69, 9.17) is 29.1 Å². The summed E-state index contributed by atoms with van der Waals surface area (Å²) in [4.78, 5) is 30.5. The van der Waals surface area contributed by atoms with Crippen molar-refractivity contribution >= 4 is 13.8 Å². The Balaban J connectivity index is -0.0000000383. The van der Waals surface area contributed by atoms with Gasteiger partial charge in [-0.05, 0) is 6.92 Å². The summed E-state index contributed by atoms with van der Waals surface area (Å²) in [6.45, 7) is 0.972. The Morgan fingerprint density at radius 1 is 1.36 bits per heavy atom. The monoisotopic (exact) mass is 213 g/mol. The van der Waals surface area contributed by atoms with Gasteiger partial charge in [0.05, 0.1) is 0 Å². The van der Waals surface area contributed by atoms with Gasteiger partial charge in [0.1, 0.15) is 0 Å². The number of carbonyl (C=O) groups is 1. The molecule has 6 N–H and O–H groups in total. The summed E-state index contributed by atoms with van der Waals surface area (Å²) in [5, 5.41) is 8.89. The molecule has 64 valence electrons. The summed E-state index contributed by atoms with van der Waals surface area (Å²) in [6.07, 6.45) is 0. The van der Waals surface area contributed by atoms with Gasteiger partial charge in [0.2, 0.25) is 0 Å². The molecule has 0 unspecified atom stereocenters. The Hall–Kier alpha value is 1.18. The van der Waals surface area contributed by atoms with Crippen molar-refractivity contribution in [2.45, 2.75) is 6.92 Å². The molecule has 0 heterocycles. The molecule has 11 heavy (non-hydrogen) atoms. The molecular formula is C2H9KNO6P. The maximum Gasteiger partial charge on any atom is 1.00 e. The van der Waals surface area contributed by atoms with Gasteiger partial charge in [-0.3, -0.25) is 0 Å². The Kier molecular flexibility index (Phi) is 23.1. The van der Waals surface area contributed by atoms with Crippen LogP contribution in [-0.2, 0) is 9.36 Å². The molecule has 0 bridgehead atoms. The third kappa shape index (κ3) is 680. The number of hydrogen-bond acceptors (Lipinski definition) is 4. The Morgan fingerprint density at radius 2 is 1.36 bits per heavy atom. The fourth-order valence-corrected chi connectivity index (χ4v) is 0. The van der Waals surface area contributed by atoms with Crippen molar-refractivity contribution in [1.82, 2.24) is 6.15 Å². The molecule has 0 radical (unpaired) electrons. The SMILES string of the molecule is CC(=O)[O-].N.O=P(O)(O)O.[K+]. The van der Waals surface area contributed by atoms with Crippen molar-refractivity contribution in [3.05, 3.63) is 0 Å². The number of carboxylic acids is 1. The standard InChI is InChI=1S/C2H4O2.K.H3N.H3O4P/c1-2(3)4;;;1-5(2,3)4/h1H3,(H,3,4);;1H3;(H3,1,2,3,4)/q;+1;;/p-1. The number of carbonyl (C=O) groups excluding carboxylic acids is 1. The Labute approximate surface area is 106 Å². The average Bonchev–Trinajstić information content (AvgIpc) is 1.19. The summed E-state index contributed by atoms with van der Waals surface area (Å²) in [5.41, 5.74) is 0. The van der Waals surface area contributed by atoms with E-state index in [1.165, 1.54) is 0 Å². The zero-order valence-electron chi connectivity index (χ0n) is 6.22. The first-order valence-electron chi connectivity index (χ1n) is 1.69. The number of rotatable bonds is 0. The van der Waals surface area contributed by atoms with Crippen LogP contribution in [0, 0.1) is 0 Å². The molecule has 0 saturated heterocycles. The molecule has 7 nitrogen and oxygen atoms in total. The van der Waals surface area contributed by atoms with Crippen LogP contribution in [0.1, 0.15) is 6.92 Å². The Morgan fingerprint density at radius 3 is 1.36 bits per heavy atom. The fraction of sp³-hybridized carbons (Fsp3) is 0.500. The quantitative estimate of drug-likeness (QED) is 0.232. The Bertz CT molecular complexity index is 120. The second-order valence-electron chi connectivity index (χ2n) is 1.00. The summed E-state index contributed by atoms with van der Waals surface area (Å²) in [7, 11) is -4.64. The summed E-state index contributed by atoms with van der Waals surface area (Å²) in [6, 6.07) is 0. The minimum Gasteiger partial charge on any atom is -0.550 e. The normalized spacial score (nSPS) is 7.64. The summed E-state index contributed by atoms with van der Waals surface area (Å²) >= 11 is 0. The van der Waals surface area contributed by atoms with Gasteiger partial charge < -0.3 is 30.7 Å². The molecular weight excluding hydrogens is 204 g/mol. The minimum absolute atomic E-state index is 0. The van der Waals surface area contributed by atoms with E-state index in [0.29, 0.717) is 0 Å². The molecule has 0 aliphatic rings. The molecule has 0 amide bonds. The van der Waals surface area contributed by atoms with Gasteiger partial charge in [-0.15, -0.1) is 0 Å². The second-order valence-corrected chi connectivity index (χ2v) is 2.03. The number of phosphoric acid groups is 1. The minimum atomic E-state index is -4.64. The molecule has 0 aliphatic heterocycles. The van der Waals surface area contributed by atoms with Gasteiger partial charge in [0, 0.05) is 5.97 Å². The van der Waals surface area contributed by atoms with Gasteiger partial charge >= 0.3 is 59.2 Å². The van der Waals surface area contributed by atoms with Crippen molar-refractivity contribution < 1.29 is 80.5 Å². The molecule has 9 heteroatoms. The van der Waals surface area contributed by atoms with Crippen LogP contribution in [0.5, 0.6) is 0 Å². The first-order chi connectivity index (χ1) is 3.73. The zero-order valence-corrected chi connectivity index (χ0v) is 10.2. The molecule has 0 aromatic carbocycles. The smallest absolute Gasteiger partial charge is 0.550 e. The van der Waals surface area contributed by atoms with Crippen LogP contribution in [0.3, 0.4) is 0 Å². The fourth-order valence-electron chi connectivity index (χ4n) is 0. The summed E-state index contributed by atoms with van der Waals surface area (Å²) in [5.74, 6) is -1.08. The predicted octanol–water partition coefficient (Wildman–Crippen LogP) is -5.01. The van der Waals surface area contributed by atoms with E-state index in [1.54, 1.807) is 0 Å². The molecule has 0 atom stereocenters. The third-order valence-corrected chi connectivity index (χ3v) is 0. The van der Waals surface area contributed by atoms with Crippen LogP contribution >= 0.6 is 7.82 Å². The van der Waals surface area contributed by atoms with Crippen molar-refractivity contribution in [1.29, 1.82) is 0 Å². The molecule has 0 aliphatic carbocycles.